The minimum Gasteiger partial charge on any atom is -0.286 e. The molecule has 0 aromatic carbocycles. The molecule has 0 bridgehead atoms. The normalized spacial score (nSPS) is 20.7. The summed E-state index contributed by atoms with van der Waals surface area (Å²) in [7, 11) is 0. The van der Waals surface area contributed by atoms with Crippen molar-refractivity contribution >= 4 is 44.0 Å². The number of hydrogen-bond donors (Lipinski definition) is 0. The smallest absolute Gasteiger partial charge is 0.204 e. The predicted octanol–water partition coefficient (Wildman–Crippen LogP) is 0.353. The van der Waals surface area contributed by atoms with Gasteiger partial charge in [0.25, 0.3) is 0 Å². The van der Waals surface area contributed by atoms with Gasteiger partial charge in [0.05, 0.1) is 12.8 Å². The Kier molecular flexibility index (Phi) is 3.05. The fourth-order valence-electron chi connectivity index (χ4n) is 0.634. The molecule has 64 valence electrons. The van der Waals surface area contributed by atoms with Crippen LogP contribution in [0.4, 0.5) is 0 Å². The average molecular weight is 204 g/mol. The lowest BCUT2D eigenvalue weighted by molar-refractivity contribution is -0.119. The van der Waals surface area contributed by atoms with Crippen molar-refractivity contribution in [3.8, 4) is 0 Å². The summed E-state index contributed by atoms with van der Waals surface area (Å²) in [6.07, 6.45) is -0.681. The van der Waals surface area contributed by atoms with Gasteiger partial charge in [-0.15, -0.1) is 0 Å². The van der Waals surface area contributed by atoms with Gasteiger partial charge < -0.3 is 0 Å². The number of hydrogen-bond acceptors (Lipinski definition) is 6. The molecular formula is C6H4O4S2. The first-order chi connectivity index (χ1) is 5.58. The Hall–Kier alpha value is -0.620. The molecule has 1 rings (SSSR count). The van der Waals surface area contributed by atoms with Crippen LogP contribution >= 0.6 is 23.5 Å². The molecule has 6 heteroatoms. The van der Waals surface area contributed by atoms with Gasteiger partial charge in [-0.05, 0) is 23.5 Å². The fraction of sp³-hybridized carbons (Fsp3) is 0.333. The zero-order valence-corrected chi connectivity index (χ0v) is 7.50. The summed E-state index contributed by atoms with van der Waals surface area (Å²) in [5.41, 5.74) is 0. The molecule has 0 aromatic heterocycles. The summed E-state index contributed by atoms with van der Waals surface area (Å²) in [6.45, 7) is 0. The third-order valence-corrected chi connectivity index (χ3v) is 2.52. The molecule has 12 heavy (non-hydrogen) atoms. The summed E-state index contributed by atoms with van der Waals surface area (Å²) in [6, 6.07) is 0. The van der Waals surface area contributed by atoms with Gasteiger partial charge in [-0.2, -0.15) is 0 Å². The van der Waals surface area contributed by atoms with Crippen molar-refractivity contribution in [2.24, 2.45) is 0 Å². The monoisotopic (exact) mass is 204 g/mol. The van der Waals surface area contributed by atoms with Crippen molar-refractivity contribution in [2.75, 3.05) is 0 Å². The highest BCUT2D eigenvalue weighted by atomic mass is 32.2. The topological polar surface area (TPSA) is 68.3 Å². The molecule has 4 nitrogen and oxygen atoms in total. The lowest BCUT2D eigenvalue weighted by Gasteiger charge is -2.02. The SMILES string of the molecule is O=C1CC(=O)SC(=O)CC(=O)S1. The van der Waals surface area contributed by atoms with Crippen molar-refractivity contribution in [1.82, 2.24) is 0 Å². The van der Waals surface area contributed by atoms with Gasteiger partial charge in [-0.1, -0.05) is 0 Å². The van der Waals surface area contributed by atoms with E-state index in [2.05, 4.69) is 0 Å². The molecule has 1 saturated heterocycles. The van der Waals surface area contributed by atoms with Crippen LogP contribution in [0.5, 0.6) is 0 Å². The van der Waals surface area contributed by atoms with Gasteiger partial charge in [0.15, 0.2) is 0 Å². The maximum Gasteiger partial charge on any atom is 0.204 e. The third-order valence-electron chi connectivity index (χ3n) is 1.03. The van der Waals surface area contributed by atoms with Gasteiger partial charge >= 0.3 is 0 Å². The Bertz CT molecular complexity index is 199. The largest absolute Gasteiger partial charge is 0.286 e. The number of carbonyl (C=O) groups excluding carboxylic acids is 4. The van der Waals surface area contributed by atoms with Crippen LogP contribution in [0.25, 0.3) is 0 Å². The van der Waals surface area contributed by atoms with Crippen LogP contribution in [0.1, 0.15) is 12.8 Å². The van der Waals surface area contributed by atoms with E-state index in [1.165, 1.54) is 0 Å². The van der Waals surface area contributed by atoms with Crippen molar-refractivity contribution in [3.63, 3.8) is 0 Å². The molecule has 1 fully saturated rings. The van der Waals surface area contributed by atoms with E-state index in [0.717, 1.165) is 0 Å². The van der Waals surface area contributed by atoms with Gasteiger partial charge in [0.1, 0.15) is 0 Å². The fourth-order valence-corrected chi connectivity index (χ4v) is 2.14. The number of rotatable bonds is 0. The second-order valence-electron chi connectivity index (χ2n) is 2.05. The minimum absolute atomic E-state index is 0.340. The molecule has 0 saturated carbocycles. The molecular weight excluding hydrogens is 200 g/mol. The van der Waals surface area contributed by atoms with E-state index in [0.29, 0.717) is 23.5 Å². The number of carbonyl (C=O) groups is 4. The molecule has 0 spiro atoms. The molecule has 0 radical (unpaired) electrons. The Morgan fingerprint density at radius 1 is 0.667 bits per heavy atom. The molecule has 1 aliphatic heterocycles. The maximum absolute atomic E-state index is 10.8. The second-order valence-corrected chi connectivity index (χ2v) is 4.28. The van der Waals surface area contributed by atoms with Gasteiger partial charge in [-0.3, -0.25) is 19.2 Å². The van der Waals surface area contributed by atoms with Gasteiger partial charge in [0, 0.05) is 0 Å². The zero-order valence-electron chi connectivity index (χ0n) is 5.86. The first-order valence-electron chi connectivity index (χ1n) is 3.05. The Labute approximate surface area is 76.5 Å². The van der Waals surface area contributed by atoms with E-state index in [1.54, 1.807) is 0 Å². The summed E-state index contributed by atoms with van der Waals surface area (Å²) in [4.78, 5) is 43.0. The molecule has 1 heterocycles. The zero-order chi connectivity index (χ0) is 9.14. The molecule has 0 atom stereocenters. The van der Waals surface area contributed by atoms with E-state index >= 15 is 0 Å². The van der Waals surface area contributed by atoms with Gasteiger partial charge in [-0.25, -0.2) is 0 Å². The van der Waals surface area contributed by atoms with Crippen LogP contribution in [-0.4, -0.2) is 20.5 Å². The van der Waals surface area contributed by atoms with Crippen LogP contribution in [0.2, 0.25) is 0 Å². The van der Waals surface area contributed by atoms with Crippen LogP contribution in [0.15, 0.2) is 0 Å². The Balaban J connectivity index is 2.69. The van der Waals surface area contributed by atoms with Crippen LogP contribution in [0, 0.1) is 0 Å². The molecule has 0 amide bonds. The van der Waals surface area contributed by atoms with E-state index in [-0.39, 0.29) is 12.8 Å². The van der Waals surface area contributed by atoms with Crippen molar-refractivity contribution in [1.29, 1.82) is 0 Å². The first kappa shape index (κ1) is 9.47. The van der Waals surface area contributed by atoms with Crippen molar-refractivity contribution < 1.29 is 19.2 Å². The summed E-state index contributed by atoms with van der Waals surface area (Å²) in [5.74, 6) is 0. The van der Waals surface area contributed by atoms with Crippen molar-refractivity contribution in [2.45, 2.75) is 12.8 Å². The third kappa shape index (κ3) is 2.78. The minimum atomic E-state index is -0.481. The highest BCUT2D eigenvalue weighted by Crippen LogP contribution is 2.21. The molecule has 1 aliphatic rings. The van der Waals surface area contributed by atoms with E-state index in [4.69, 9.17) is 0 Å². The van der Waals surface area contributed by atoms with E-state index in [9.17, 15) is 19.2 Å². The molecule has 0 aromatic rings. The molecule has 0 aliphatic carbocycles. The highest BCUT2D eigenvalue weighted by molar-refractivity contribution is 8.29. The lowest BCUT2D eigenvalue weighted by Crippen LogP contribution is -2.13. The summed E-state index contributed by atoms with van der Waals surface area (Å²) < 4.78 is 0. The van der Waals surface area contributed by atoms with Gasteiger partial charge in [0.2, 0.25) is 20.5 Å². The summed E-state index contributed by atoms with van der Waals surface area (Å²) in [5, 5.41) is -1.93. The summed E-state index contributed by atoms with van der Waals surface area (Å²) >= 11 is 0.900. The Morgan fingerprint density at radius 3 is 1.17 bits per heavy atom. The first-order valence-corrected chi connectivity index (χ1v) is 4.68. The van der Waals surface area contributed by atoms with E-state index < -0.39 is 20.5 Å². The molecule has 0 N–H and O–H groups in total. The number of thioether (sulfide) groups is 2. The van der Waals surface area contributed by atoms with E-state index in [1.807, 2.05) is 0 Å². The van der Waals surface area contributed by atoms with Crippen molar-refractivity contribution in [3.05, 3.63) is 0 Å². The van der Waals surface area contributed by atoms with Crippen LogP contribution < -0.4 is 0 Å². The molecule has 0 unspecified atom stereocenters. The predicted molar refractivity (Wildman–Crippen MR) is 44.4 cm³/mol. The highest BCUT2D eigenvalue weighted by Gasteiger charge is 2.24. The average Bonchev–Trinajstić information content (AvgIpc) is 1.81. The van der Waals surface area contributed by atoms with Crippen LogP contribution in [0.3, 0.4) is 0 Å². The quantitative estimate of drug-likeness (QED) is 0.530. The lowest BCUT2D eigenvalue weighted by atomic mass is 10.5. The van der Waals surface area contributed by atoms with Crippen LogP contribution in [-0.2, 0) is 19.2 Å². The maximum atomic E-state index is 10.8. The standard InChI is InChI=1S/C6H4O4S2/c7-3-1-4(8)12-6(10)2-5(9)11-3/h1-2H2. The Morgan fingerprint density at radius 2 is 0.917 bits per heavy atom. The second kappa shape index (κ2) is 3.86.